The minimum atomic E-state index is -2.32. The summed E-state index contributed by atoms with van der Waals surface area (Å²) in [7, 11) is -2.32. The topological polar surface area (TPSA) is 26.3 Å². The average molecular weight is 158 g/mol. The molecule has 1 aliphatic heterocycles. The lowest BCUT2D eigenvalue weighted by Gasteiger charge is -2.15. The van der Waals surface area contributed by atoms with Gasteiger partial charge in [-0.15, -0.1) is 6.42 Å². The van der Waals surface area contributed by atoms with Crippen LogP contribution in [0.5, 0.6) is 0 Å². The molecule has 10 heavy (non-hydrogen) atoms. The molecule has 2 atom stereocenters. The monoisotopic (exact) mass is 158 g/mol. The van der Waals surface area contributed by atoms with Gasteiger partial charge in [-0.2, -0.15) is 0 Å². The van der Waals surface area contributed by atoms with Gasteiger partial charge >= 0.3 is 0 Å². The summed E-state index contributed by atoms with van der Waals surface area (Å²) >= 11 is 0. The van der Waals surface area contributed by atoms with Crippen molar-refractivity contribution >= 4 is 7.37 Å². The number of terminal acetylenes is 1. The highest BCUT2D eigenvalue weighted by atomic mass is 31.2. The van der Waals surface area contributed by atoms with Gasteiger partial charge in [0.05, 0.1) is 0 Å². The molecule has 0 saturated carbocycles. The molecular formula is C7H11O2P. The predicted octanol–water partition coefficient (Wildman–Crippen LogP) is 1.71. The maximum atomic E-state index is 11.3. The summed E-state index contributed by atoms with van der Waals surface area (Å²) in [6, 6.07) is 0. The molecule has 0 bridgehead atoms. The van der Waals surface area contributed by atoms with Gasteiger partial charge in [-0.1, -0.05) is 5.92 Å². The highest BCUT2D eigenvalue weighted by Crippen LogP contribution is 2.54. The van der Waals surface area contributed by atoms with Crippen LogP contribution in [-0.2, 0) is 9.09 Å². The van der Waals surface area contributed by atoms with Gasteiger partial charge in [-0.3, -0.25) is 4.57 Å². The summed E-state index contributed by atoms with van der Waals surface area (Å²) in [4.78, 5) is 0. The summed E-state index contributed by atoms with van der Waals surface area (Å²) < 4.78 is 16.5. The molecule has 0 aromatic rings. The van der Waals surface area contributed by atoms with E-state index in [0.29, 0.717) is 6.16 Å². The normalized spacial score (nSPS) is 46.9. The Bertz CT molecular complexity index is 228. The van der Waals surface area contributed by atoms with Crippen molar-refractivity contribution in [3.05, 3.63) is 0 Å². The second-order valence-electron chi connectivity index (χ2n) is 2.95. The predicted molar refractivity (Wildman–Crippen MR) is 41.3 cm³/mol. The Labute approximate surface area is 61.4 Å². The molecule has 0 aromatic heterocycles. The smallest absolute Gasteiger partial charge is 0.201 e. The third-order valence-electron chi connectivity index (χ3n) is 1.69. The highest BCUT2D eigenvalue weighted by Gasteiger charge is 2.38. The van der Waals surface area contributed by atoms with Crippen molar-refractivity contribution in [2.75, 3.05) is 12.8 Å². The quantitative estimate of drug-likeness (QED) is 0.396. The zero-order valence-corrected chi connectivity index (χ0v) is 7.15. The molecule has 1 aliphatic rings. The molecule has 2 unspecified atom stereocenters. The molecule has 1 heterocycles. The second kappa shape index (κ2) is 2.12. The van der Waals surface area contributed by atoms with E-state index in [-0.39, 0.29) is 0 Å². The molecule has 0 aliphatic carbocycles. The first-order valence-corrected chi connectivity index (χ1v) is 5.48. The Morgan fingerprint density at radius 2 is 2.40 bits per heavy atom. The van der Waals surface area contributed by atoms with Crippen LogP contribution in [0.2, 0.25) is 0 Å². The van der Waals surface area contributed by atoms with Crippen LogP contribution in [0.15, 0.2) is 0 Å². The molecule has 3 heteroatoms. The van der Waals surface area contributed by atoms with Crippen molar-refractivity contribution < 1.29 is 9.09 Å². The summed E-state index contributed by atoms with van der Waals surface area (Å²) in [5, 5.41) is 0. The first-order valence-electron chi connectivity index (χ1n) is 3.22. The van der Waals surface area contributed by atoms with Gasteiger partial charge in [0.2, 0.25) is 7.37 Å². The van der Waals surface area contributed by atoms with Gasteiger partial charge in [0.25, 0.3) is 0 Å². The molecular weight excluding hydrogens is 147 g/mol. The standard InChI is InChI=1S/C7H11O2P/c1-4-7(2)5-6-10(3,8)9-7/h1H,5-6H2,2-3H3. The van der Waals surface area contributed by atoms with Crippen molar-refractivity contribution in [3.8, 4) is 12.3 Å². The first-order chi connectivity index (χ1) is 4.47. The van der Waals surface area contributed by atoms with E-state index in [1.54, 1.807) is 13.6 Å². The zero-order chi connectivity index (χ0) is 7.83. The maximum Gasteiger partial charge on any atom is 0.201 e. The fourth-order valence-corrected chi connectivity index (χ4v) is 2.95. The van der Waals surface area contributed by atoms with E-state index in [1.807, 2.05) is 0 Å². The fourth-order valence-electron chi connectivity index (χ4n) is 1.03. The summed E-state index contributed by atoms with van der Waals surface area (Å²) in [6.07, 6.45) is 6.53. The van der Waals surface area contributed by atoms with Crippen LogP contribution in [-0.4, -0.2) is 18.4 Å². The lowest BCUT2D eigenvalue weighted by Crippen LogP contribution is -2.18. The third kappa shape index (κ3) is 1.42. The van der Waals surface area contributed by atoms with Gasteiger partial charge in [-0.05, 0) is 13.3 Å². The van der Waals surface area contributed by atoms with Gasteiger partial charge < -0.3 is 4.52 Å². The minimum Gasteiger partial charge on any atom is -0.309 e. The Morgan fingerprint density at radius 1 is 1.80 bits per heavy atom. The van der Waals surface area contributed by atoms with E-state index in [0.717, 1.165) is 6.42 Å². The van der Waals surface area contributed by atoms with Gasteiger partial charge in [-0.25, -0.2) is 0 Å². The molecule has 0 amide bonds. The van der Waals surface area contributed by atoms with E-state index in [4.69, 9.17) is 10.9 Å². The molecule has 1 rings (SSSR count). The molecule has 0 radical (unpaired) electrons. The summed E-state index contributed by atoms with van der Waals surface area (Å²) in [6.45, 7) is 3.44. The largest absolute Gasteiger partial charge is 0.309 e. The van der Waals surface area contributed by atoms with Crippen molar-refractivity contribution in [2.24, 2.45) is 0 Å². The molecule has 1 fully saturated rings. The Kier molecular flexibility index (Phi) is 1.66. The maximum absolute atomic E-state index is 11.3. The van der Waals surface area contributed by atoms with Crippen molar-refractivity contribution in [1.82, 2.24) is 0 Å². The Morgan fingerprint density at radius 3 is 2.60 bits per heavy atom. The van der Waals surface area contributed by atoms with Crippen molar-refractivity contribution in [3.63, 3.8) is 0 Å². The number of hydrogen-bond donors (Lipinski definition) is 0. The second-order valence-corrected chi connectivity index (χ2v) is 5.61. The lowest BCUT2D eigenvalue weighted by molar-refractivity contribution is 0.183. The summed E-state index contributed by atoms with van der Waals surface area (Å²) in [5.74, 6) is 2.50. The first kappa shape index (κ1) is 7.85. The lowest BCUT2D eigenvalue weighted by atomic mass is 10.1. The van der Waals surface area contributed by atoms with Crippen LogP contribution >= 0.6 is 7.37 Å². The van der Waals surface area contributed by atoms with Crippen molar-refractivity contribution in [1.29, 1.82) is 0 Å². The number of hydrogen-bond acceptors (Lipinski definition) is 2. The van der Waals surface area contributed by atoms with Crippen molar-refractivity contribution in [2.45, 2.75) is 18.9 Å². The zero-order valence-electron chi connectivity index (χ0n) is 6.26. The van der Waals surface area contributed by atoms with Crippen LogP contribution in [0.1, 0.15) is 13.3 Å². The Hall–Kier alpha value is -0.250. The molecule has 2 nitrogen and oxygen atoms in total. The number of rotatable bonds is 0. The fraction of sp³-hybridized carbons (Fsp3) is 0.714. The van der Waals surface area contributed by atoms with Gasteiger partial charge in [0, 0.05) is 12.8 Å². The van der Waals surface area contributed by atoms with Crippen LogP contribution in [0.25, 0.3) is 0 Å². The van der Waals surface area contributed by atoms with E-state index in [9.17, 15) is 4.57 Å². The van der Waals surface area contributed by atoms with Crippen LogP contribution in [0, 0.1) is 12.3 Å². The van der Waals surface area contributed by atoms with Gasteiger partial charge in [0.1, 0.15) is 5.60 Å². The van der Waals surface area contributed by atoms with E-state index in [2.05, 4.69) is 5.92 Å². The average Bonchev–Trinajstić information content (AvgIpc) is 2.08. The third-order valence-corrected chi connectivity index (χ3v) is 3.52. The van der Waals surface area contributed by atoms with Crippen LogP contribution in [0.3, 0.4) is 0 Å². The molecule has 56 valence electrons. The molecule has 0 aromatic carbocycles. The van der Waals surface area contributed by atoms with Crippen LogP contribution in [0.4, 0.5) is 0 Å². The highest BCUT2D eigenvalue weighted by molar-refractivity contribution is 7.58. The minimum absolute atomic E-state index is 0.565. The van der Waals surface area contributed by atoms with Crippen LogP contribution < -0.4 is 0 Å². The summed E-state index contributed by atoms with van der Waals surface area (Å²) in [5.41, 5.74) is -0.565. The van der Waals surface area contributed by atoms with Gasteiger partial charge in [0.15, 0.2) is 0 Å². The van der Waals surface area contributed by atoms with E-state index < -0.39 is 13.0 Å². The molecule has 0 N–H and O–H groups in total. The SMILES string of the molecule is C#CC1(C)CCP(C)(=O)O1. The molecule has 0 spiro atoms. The van der Waals surface area contributed by atoms with E-state index in [1.165, 1.54) is 0 Å². The Balaban J connectivity index is 2.79. The molecule has 1 saturated heterocycles. The van der Waals surface area contributed by atoms with E-state index >= 15 is 0 Å².